The number of methoxy groups -OCH3 is 1. The molecular weight excluding hydrogens is 242 g/mol. The third-order valence-electron chi connectivity index (χ3n) is 3.09. The van der Waals surface area contributed by atoms with Crippen LogP contribution in [-0.2, 0) is 4.79 Å². The Morgan fingerprint density at radius 2 is 1.95 bits per heavy atom. The van der Waals surface area contributed by atoms with Crippen molar-refractivity contribution in [2.75, 3.05) is 7.11 Å². The van der Waals surface area contributed by atoms with Crippen LogP contribution in [0.1, 0.15) is 18.4 Å². The number of fused-ring (bicyclic) bond motifs is 1. The summed E-state index contributed by atoms with van der Waals surface area (Å²) < 4.78 is 5.16. The molecule has 0 saturated carbocycles. The molecule has 0 aliphatic rings. The summed E-state index contributed by atoms with van der Waals surface area (Å²) in [4.78, 5) is 14.1. The maximum absolute atomic E-state index is 11.5. The van der Waals surface area contributed by atoms with Gasteiger partial charge in [-0.3, -0.25) is 4.79 Å². The number of azide groups is 1. The van der Waals surface area contributed by atoms with Crippen molar-refractivity contribution in [3.05, 3.63) is 52.4 Å². The number of amides is 1. The van der Waals surface area contributed by atoms with E-state index in [4.69, 9.17) is 10.3 Å². The molecule has 5 heteroatoms. The van der Waals surface area contributed by atoms with Crippen molar-refractivity contribution in [3.8, 4) is 5.75 Å². The van der Waals surface area contributed by atoms with Crippen molar-refractivity contribution in [3.63, 3.8) is 0 Å². The fourth-order valence-corrected chi connectivity index (χ4v) is 1.91. The van der Waals surface area contributed by atoms with Crippen LogP contribution in [0.25, 0.3) is 21.2 Å². The lowest BCUT2D eigenvalue weighted by Crippen LogP contribution is -2.05. The topological polar surface area (TPSA) is 75.1 Å². The average Bonchev–Trinajstić information content (AvgIpc) is 2.45. The number of hydrogen-bond donors (Lipinski definition) is 0. The summed E-state index contributed by atoms with van der Waals surface area (Å²) in [6.07, 6.45) is 0. The van der Waals surface area contributed by atoms with Gasteiger partial charge in [-0.05, 0) is 39.1 Å². The molecule has 0 N–H and O–H groups in total. The van der Waals surface area contributed by atoms with Gasteiger partial charge in [0.15, 0.2) is 0 Å². The largest absolute Gasteiger partial charge is 0.497 e. The lowest BCUT2D eigenvalue weighted by molar-refractivity contribution is -0.119. The van der Waals surface area contributed by atoms with Gasteiger partial charge in [-0.15, -0.1) is 0 Å². The molecule has 0 spiro atoms. The molecule has 0 radical (unpaired) electrons. The highest BCUT2D eigenvalue weighted by Crippen LogP contribution is 2.25. The second-order valence-electron chi connectivity index (χ2n) is 4.22. The van der Waals surface area contributed by atoms with Crippen LogP contribution in [0.2, 0.25) is 0 Å². The van der Waals surface area contributed by atoms with Gasteiger partial charge in [0.25, 0.3) is 0 Å². The molecule has 0 fully saturated rings. The maximum Gasteiger partial charge on any atom is 0.226 e. The minimum Gasteiger partial charge on any atom is -0.497 e. The molecule has 1 unspecified atom stereocenters. The molecule has 0 aliphatic heterocycles. The maximum atomic E-state index is 11.5. The van der Waals surface area contributed by atoms with Crippen molar-refractivity contribution in [1.29, 1.82) is 0 Å². The lowest BCUT2D eigenvalue weighted by Gasteiger charge is -2.09. The molecule has 96 valence electrons. The van der Waals surface area contributed by atoms with Crippen LogP contribution in [0.5, 0.6) is 5.75 Å². The Morgan fingerprint density at radius 1 is 1.26 bits per heavy atom. The third-order valence-corrected chi connectivity index (χ3v) is 3.09. The van der Waals surface area contributed by atoms with E-state index in [1.807, 2.05) is 36.4 Å². The van der Waals surface area contributed by atoms with Gasteiger partial charge >= 0.3 is 0 Å². The van der Waals surface area contributed by atoms with E-state index in [0.717, 1.165) is 22.1 Å². The zero-order valence-corrected chi connectivity index (χ0v) is 10.7. The number of carbonyl (C=O) groups is 1. The predicted molar refractivity (Wildman–Crippen MR) is 73.1 cm³/mol. The van der Waals surface area contributed by atoms with Gasteiger partial charge in [0.1, 0.15) is 5.75 Å². The van der Waals surface area contributed by atoms with Gasteiger partial charge in [0, 0.05) is 10.8 Å². The Morgan fingerprint density at radius 3 is 2.63 bits per heavy atom. The van der Waals surface area contributed by atoms with Crippen molar-refractivity contribution >= 4 is 16.7 Å². The lowest BCUT2D eigenvalue weighted by atomic mass is 9.97. The highest BCUT2D eigenvalue weighted by atomic mass is 16.5. The van der Waals surface area contributed by atoms with E-state index in [1.54, 1.807) is 14.0 Å². The summed E-state index contributed by atoms with van der Waals surface area (Å²) in [6, 6.07) is 11.4. The summed E-state index contributed by atoms with van der Waals surface area (Å²) in [7, 11) is 1.62. The number of hydrogen-bond acceptors (Lipinski definition) is 2. The predicted octanol–water partition coefficient (Wildman–Crippen LogP) is 3.79. The monoisotopic (exact) mass is 255 g/mol. The third kappa shape index (κ3) is 2.67. The molecular formula is C14H13N3O2. The van der Waals surface area contributed by atoms with Gasteiger partial charge in [-0.25, -0.2) is 0 Å². The van der Waals surface area contributed by atoms with E-state index in [9.17, 15) is 4.79 Å². The molecule has 1 amide bonds. The first-order valence-electron chi connectivity index (χ1n) is 5.82. The SMILES string of the molecule is COc1ccc2cc(C(C)C(=O)N=[N+]=[N-])ccc2c1. The van der Waals surface area contributed by atoms with Crippen molar-refractivity contribution in [2.45, 2.75) is 12.8 Å². The van der Waals surface area contributed by atoms with Crippen molar-refractivity contribution in [2.24, 2.45) is 5.11 Å². The quantitative estimate of drug-likeness (QED) is 0.475. The molecule has 0 aliphatic carbocycles. The molecule has 0 saturated heterocycles. The summed E-state index contributed by atoms with van der Waals surface area (Å²) in [6.45, 7) is 1.72. The second-order valence-corrected chi connectivity index (χ2v) is 4.22. The Balaban J connectivity index is 2.41. The van der Waals surface area contributed by atoms with Crippen LogP contribution in [0.15, 0.2) is 41.5 Å². The molecule has 2 aromatic rings. The molecule has 2 aromatic carbocycles. The molecule has 19 heavy (non-hydrogen) atoms. The summed E-state index contributed by atoms with van der Waals surface area (Å²) in [5, 5.41) is 5.18. The highest BCUT2D eigenvalue weighted by Gasteiger charge is 2.13. The Bertz CT molecular complexity index is 675. The zero-order valence-electron chi connectivity index (χ0n) is 10.7. The van der Waals surface area contributed by atoms with Crippen LogP contribution in [0.3, 0.4) is 0 Å². The van der Waals surface area contributed by atoms with Gasteiger partial charge in [0.2, 0.25) is 5.91 Å². The first kappa shape index (κ1) is 12.9. The van der Waals surface area contributed by atoms with Crippen LogP contribution in [-0.4, -0.2) is 13.0 Å². The summed E-state index contributed by atoms with van der Waals surface area (Å²) in [5.74, 6) is -0.129. The van der Waals surface area contributed by atoms with Gasteiger partial charge in [-0.2, -0.15) is 0 Å². The molecule has 1 atom stereocenters. The van der Waals surface area contributed by atoms with Crippen molar-refractivity contribution < 1.29 is 9.53 Å². The van der Waals surface area contributed by atoms with Gasteiger partial charge in [0.05, 0.1) is 7.11 Å². The van der Waals surface area contributed by atoms with Crippen LogP contribution in [0.4, 0.5) is 0 Å². The van der Waals surface area contributed by atoms with Crippen LogP contribution in [0, 0.1) is 0 Å². The molecule has 0 heterocycles. The molecule has 0 bridgehead atoms. The van der Waals surface area contributed by atoms with Crippen LogP contribution < -0.4 is 4.74 Å². The first-order chi connectivity index (χ1) is 9.15. The van der Waals surface area contributed by atoms with E-state index in [2.05, 4.69) is 10.0 Å². The Labute approximate surface area is 110 Å². The number of nitrogens with zero attached hydrogens (tertiary/aromatic N) is 3. The van der Waals surface area contributed by atoms with E-state index >= 15 is 0 Å². The number of carbonyl (C=O) groups excluding carboxylic acids is 1. The number of ether oxygens (including phenoxy) is 1. The fraction of sp³-hybridized carbons (Fsp3) is 0.214. The normalized spacial score (nSPS) is 11.7. The van der Waals surface area contributed by atoms with Crippen molar-refractivity contribution in [1.82, 2.24) is 0 Å². The van der Waals surface area contributed by atoms with Crippen LogP contribution >= 0.6 is 0 Å². The van der Waals surface area contributed by atoms with E-state index in [1.165, 1.54) is 0 Å². The molecule has 5 nitrogen and oxygen atoms in total. The standard InChI is InChI=1S/C14H13N3O2/c1-9(14(18)16-17-15)10-3-4-12-8-13(19-2)6-5-11(12)7-10/h3-9H,1-2H3. The Kier molecular flexibility index (Phi) is 3.68. The molecule has 0 aromatic heterocycles. The fourth-order valence-electron chi connectivity index (χ4n) is 1.91. The van der Waals surface area contributed by atoms with E-state index in [0.29, 0.717) is 0 Å². The zero-order chi connectivity index (χ0) is 13.8. The number of rotatable bonds is 3. The van der Waals surface area contributed by atoms with Gasteiger partial charge < -0.3 is 4.74 Å². The first-order valence-corrected chi connectivity index (χ1v) is 5.82. The number of benzene rings is 2. The van der Waals surface area contributed by atoms with E-state index < -0.39 is 11.8 Å². The Hall–Kier alpha value is -2.52. The van der Waals surface area contributed by atoms with E-state index in [-0.39, 0.29) is 0 Å². The summed E-state index contributed by atoms with van der Waals surface area (Å²) >= 11 is 0. The highest BCUT2D eigenvalue weighted by molar-refractivity contribution is 5.88. The minimum atomic E-state index is -0.477. The molecule has 2 rings (SSSR count). The second kappa shape index (κ2) is 5.42. The summed E-state index contributed by atoms with van der Waals surface area (Å²) in [5.41, 5.74) is 9.11. The van der Waals surface area contributed by atoms with Gasteiger partial charge in [-0.1, -0.05) is 31.2 Å². The smallest absolute Gasteiger partial charge is 0.226 e. The minimum absolute atomic E-state index is 0.442. The average molecular weight is 255 g/mol.